The van der Waals surface area contributed by atoms with Crippen molar-refractivity contribution in [2.75, 3.05) is 57.9 Å². The normalized spacial score (nSPS) is 17.4. The monoisotopic (exact) mass is 369 g/mol. The molecule has 2 aromatic rings. The van der Waals surface area contributed by atoms with Crippen molar-refractivity contribution in [3.63, 3.8) is 0 Å². The van der Waals surface area contributed by atoms with Crippen molar-refractivity contribution in [1.82, 2.24) is 20.2 Å². The van der Waals surface area contributed by atoms with E-state index in [1.807, 2.05) is 24.3 Å². The van der Waals surface area contributed by atoms with Crippen LogP contribution in [0.1, 0.15) is 11.3 Å². The minimum Gasteiger partial charge on any atom is -0.497 e. The molecule has 0 radical (unpaired) electrons. The molecule has 27 heavy (non-hydrogen) atoms. The second-order valence-corrected chi connectivity index (χ2v) is 6.91. The highest BCUT2D eigenvalue weighted by molar-refractivity contribution is 5.50. The van der Waals surface area contributed by atoms with Crippen LogP contribution in [0.3, 0.4) is 0 Å². The van der Waals surface area contributed by atoms with Crippen molar-refractivity contribution in [3.8, 4) is 11.5 Å². The zero-order valence-corrected chi connectivity index (χ0v) is 15.9. The molecule has 2 aliphatic rings. The van der Waals surface area contributed by atoms with Crippen molar-refractivity contribution >= 4 is 5.82 Å². The van der Waals surface area contributed by atoms with Crippen molar-refractivity contribution < 1.29 is 9.47 Å². The first-order valence-electron chi connectivity index (χ1n) is 9.61. The Bertz CT molecular complexity index is 762. The maximum Gasteiger partial charge on any atom is 0.135 e. The molecule has 0 atom stereocenters. The van der Waals surface area contributed by atoms with Gasteiger partial charge in [-0.25, -0.2) is 9.97 Å². The summed E-state index contributed by atoms with van der Waals surface area (Å²) < 4.78 is 11.1. The summed E-state index contributed by atoms with van der Waals surface area (Å²) in [6, 6.07) is 7.76. The molecule has 1 saturated heterocycles. The van der Waals surface area contributed by atoms with E-state index in [0.717, 1.165) is 75.2 Å². The van der Waals surface area contributed by atoms with Crippen molar-refractivity contribution in [2.24, 2.45) is 0 Å². The number of hydrogen-bond donors (Lipinski definition) is 1. The quantitative estimate of drug-likeness (QED) is 0.824. The standard InChI is InChI=1S/C20H27N5O2/c1-26-16-3-2-4-17(13-16)27-12-11-24-7-9-25(10-8-24)20-18-5-6-21-14-19(18)22-15-23-20/h2-4,13,15,21H,5-12,14H2,1H3. The molecule has 1 aromatic carbocycles. The number of benzene rings is 1. The van der Waals surface area contributed by atoms with Crippen LogP contribution in [0.25, 0.3) is 0 Å². The van der Waals surface area contributed by atoms with Crippen LogP contribution in [0.5, 0.6) is 11.5 Å². The van der Waals surface area contributed by atoms with Gasteiger partial charge >= 0.3 is 0 Å². The van der Waals surface area contributed by atoms with Gasteiger partial charge in [0, 0.05) is 50.9 Å². The number of methoxy groups -OCH3 is 1. The van der Waals surface area contributed by atoms with Gasteiger partial charge in [-0.05, 0) is 25.1 Å². The first-order chi connectivity index (χ1) is 13.3. The van der Waals surface area contributed by atoms with Crippen LogP contribution in [0.4, 0.5) is 5.82 Å². The number of fused-ring (bicyclic) bond motifs is 1. The Balaban J connectivity index is 1.27. The molecule has 4 rings (SSSR count). The summed E-state index contributed by atoms with van der Waals surface area (Å²) in [6.45, 7) is 7.52. The lowest BCUT2D eigenvalue weighted by Gasteiger charge is -2.36. The smallest absolute Gasteiger partial charge is 0.135 e. The number of ether oxygens (including phenoxy) is 2. The maximum absolute atomic E-state index is 5.87. The third-order valence-corrected chi connectivity index (χ3v) is 5.25. The number of nitrogens with one attached hydrogen (secondary N) is 1. The highest BCUT2D eigenvalue weighted by atomic mass is 16.5. The SMILES string of the molecule is COc1cccc(OCCN2CCN(c3ncnc4c3CCNC4)CC2)c1. The van der Waals surface area contributed by atoms with Gasteiger partial charge in [-0.1, -0.05) is 6.07 Å². The summed E-state index contributed by atoms with van der Waals surface area (Å²) >= 11 is 0. The van der Waals surface area contributed by atoms with Gasteiger partial charge in [0.05, 0.1) is 12.8 Å². The number of nitrogens with zero attached hydrogens (tertiary/aromatic N) is 4. The van der Waals surface area contributed by atoms with E-state index in [1.165, 1.54) is 5.56 Å². The Hall–Kier alpha value is -2.38. The highest BCUT2D eigenvalue weighted by Gasteiger charge is 2.23. The zero-order valence-electron chi connectivity index (χ0n) is 15.9. The average molecular weight is 369 g/mol. The Morgan fingerprint density at radius 1 is 1.11 bits per heavy atom. The minimum atomic E-state index is 0.682. The van der Waals surface area contributed by atoms with E-state index < -0.39 is 0 Å². The van der Waals surface area contributed by atoms with Crippen LogP contribution in [0.2, 0.25) is 0 Å². The van der Waals surface area contributed by atoms with Gasteiger partial charge < -0.3 is 19.7 Å². The van der Waals surface area contributed by atoms with Crippen molar-refractivity contribution in [3.05, 3.63) is 41.9 Å². The molecule has 0 saturated carbocycles. The predicted molar refractivity (Wildman–Crippen MR) is 105 cm³/mol. The van der Waals surface area contributed by atoms with Crippen LogP contribution in [-0.2, 0) is 13.0 Å². The van der Waals surface area contributed by atoms with Crippen molar-refractivity contribution in [2.45, 2.75) is 13.0 Å². The van der Waals surface area contributed by atoms with Crippen LogP contribution in [0.15, 0.2) is 30.6 Å². The Morgan fingerprint density at radius 3 is 2.81 bits per heavy atom. The Labute approximate surface area is 160 Å². The fourth-order valence-corrected chi connectivity index (χ4v) is 3.71. The van der Waals surface area contributed by atoms with E-state index in [1.54, 1.807) is 13.4 Å². The fraction of sp³-hybridized carbons (Fsp3) is 0.500. The molecule has 7 heteroatoms. The molecule has 0 spiro atoms. The molecule has 0 unspecified atom stereocenters. The van der Waals surface area contributed by atoms with Gasteiger partial charge in [0.1, 0.15) is 30.3 Å². The van der Waals surface area contributed by atoms with Gasteiger partial charge in [-0.3, -0.25) is 4.90 Å². The summed E-state index contributed by atoms with van der Waals surface area (Å²) in [5.74, 6) is 2.81. The van der Waals surface area contributed by atoms with Crippen LogP contribution >= 0.6 is 0 Å². The molecule has 1 N–H and O–H groups in total. The van der Waals surface area contributed by atoms with Gasteiger partial charge in [0.2, 0.25) is 0 Å². The fourth-order valence-electron chi connectivity index (χ4n) is 3.71. The number of rotatable bonds is 6. The van der Waals surface area contributed by atoms with E-state index in [2.05, 4.69) is 25.1 Å². The van der Waals surface area contributed by atoms with E-state index >= 15 is 0 Å². The number of hydrogen-bond acceptors (Lipinski definition) is 7. The van der Waals surface area contributed by atoms with Crippen LogP contribution in [-0.4, -0.2) is 67.9 Å². The highest BCUT2D eigenvalue weighted by Crippen LogP contribution is 2.24. The Morgan fingerprint density at radius 2 is 1.96 bits per heavy atom. The first kappa shape index (κ1) is 18.0. The molecule has 2 aliphatic heterocycles. The van der Waals surface area contributed by atoms with E-state index in [-0.39, 0.29) is 0 Å². The Kier molecular flexibility index (Phi) is 5.69. The molecule has 144 valence electrons. The summed E-state index contributed by atoms with van der Waals surface area (Å²) in [6.07, 6.45) is 2.72. The molecule has 1 aromatic heterocycles. The van der Waals surface area contributed by atoms with Gasteiger partial charge in [-0.2, -0.15) is 0 Å². The van der Waals surface area contributed by atoms with Crippen molar-refractivity contribution in [1.29, 1.82) is 0 Å². The number of piperazine rings is 1. The molecule has 3 heterocycles. The summed E-state index contributed by atoms with van der Waals surface area (Å²) in [7, 11) is 1.67. The third kappa shape index (κ3) is 4.31. The lowest BCUT2D eigenvalue weighted by Crippen LogP contribution is -2.48. The molecule has 7 nitrogen and oxygen atoms in total. The number of anilines is 1. The minimum absolute atomic E-state index is 0.682. The lowest BCUT2D eigenvalue weighted by atomic mass is 10.1. The zero-order chi connectivity index (χ0) is 18.5. The molecular weight excluding hydrogens is 342 g/mol. The van der Waals surface area contributed by atoms with Crippen LogP contribution in [0, 0.1) is 0 Å². The summed E-state index contributed by atoms with van der Waals surface area (Å²) in [5, 5.41) is 3.38. The maximum atomic E-state index is 5.87. The number of aromatic nitrogens is 2. The second kappa shape index (κ2) is 8.54. The molecule has 0 amide bonds. The van der Waals surface area contributed by atoms with Gasteiger partial charge in [-0.15, -0.1) is 0 Å². The van der Waals surface area contributed by atoms with E-state index in [4.69, 9.17) is 9.47 Å². The summed E-state index contributed by atoms with van der Waals surface area (Å²) in [5.41, 5.74) is 2.48. The summed E-state index contributed by atoms with van der Waals surface area (Å²) in [4.78, 5) is 13.9. The topological polar surface area (TPSA) is 62.8 Å². The molecule has 1 fully saturated rings. The largest absolute Gasteiger partial charge is 0.497 e. The van der Waals surface area contributed by atoms with Gasteiger partial charge in [0.15, 0.2) is 0 Å². The molecule has 0 bridgehead atoms. The average Bonchev–Trinajstić information content (AvgIpc) is 2.74. The van der Waals surface area contributed by atoms with E-state index in [9.17, 15) is 0 Å². The molecular formula is C20H27N5O2. The lowest BCUT2D eigenvalue weighted by molar-refractivity contribution is 0.200. The second-order valence-electron chi connectivity index (χ2n) is 6.91. The molecule has 0 aliphatic carbocycles. The predicted octanol–water partition coefficient (Wildman–Crippen LogP) is 1.33. The van der Waals surface area contributed by atoms with Crippen LogP contribution < -0.4 is 19.7 Å². The van der Waals surface area contributed by atoms with E-state index in [0.29, 0.717) is 6.61 Å². The van der Waals surface area contributed by atoms with Gasteiger partial charge in [0.25, 0.3) is 0 Å². The third-order valence-electron chi connectivity index (χ3n) is 5.25. The first-order valence-corrected chi connectivity index (χ1v) is 9.61.